The van der Waals surface area contributed by atoms with E-state index >= 15 is 0 Å². The Morgan fingerprint density at radius 2 is 1.86 bits per heavy atom. The highest BCUT2D eigenvalue weighted by molar-refractivity contribution is 6.07. The van der Waals surface area contributed by atoms with Crippen LogP contribution in [0, 0.1) is 0 Å². The fourth-order valence-electron chi connectivity index (χ4n) is 2.54. The first-order valence-electron chi connectivity index (χ1n) is 6.92. The second-order valence-corrected chi connectivity index (χ2v) is 5.81. The molecule has 114 valence electrons. The average Bonchev–Trinajstić information content (AvgIpc) is 2.70. The Balaban J connectivity index is 0.00000176. The zero-order valence-electron chi connectivity index (χ0n) is 12.5. The Labute approximate surface area is 135 Å². The van der Waals surface area contributed by atoms with Gasteiger partial charge in [-0.2, -0.15) is 4.57 Å². The molecule has 1 aliphatic heterocycles. The van der Waals surface area contributed by atoms with Crippen LogP contribution in [0.5, 0.6) is 0 Å². The van der Waals surface area contributed by atoms with Gasteiger partial charge in [0.1, 0.15) is 0 Å². The lowest BCUT2D eigenvalue weighted by Crippen LogP contribution is -3.00. The lowest BCUT2D eigenvalue weighted by atomic mass is 9.85. The lowest BCUT2D eigenvalue weighted by Gasteiger charge is -2.15. The number of carbonyl (C=O) groups excluding carboxylic acids is 2. The second kappa shape index (κ2) is 5.89. The minimum absolute atomic E-state index is 0. The lowest BCUT2D eigenvalue weighted by molar-refractivity contribution is -0.683. The summed E-state index contributed by atoms with van der Waals surface area (Å²) in [4.78, 5) is 24.3. The summed E-state index contributed by atoms with van der Waals surface area (Å²) in [5.74, 6) is 0.00341. The Morgan fingerprint density at radius 3 is 2.55 bits per heavy atom. The number of pyridine rings is 1. The molecule has 0 spiro atoms. The zero-order valence-corrected chi connectivity index (χ0v) is 13.2. The van der Waals surface area contributed by atoms with Gasteiger partial charge < -0.3 is 17.7 Å². The molecule has 2 aromatic rings. The summed E-state index contributed by atoms with van der Waals surface area (Å²) in [6.07, 6.45) is 3.72. The van der Waals surface area contributed by atoms with E-state index in [2.05, 4.69) is 5.32 Å². The summed E-state index contributed by atoms with van der Waals surface area (Å²) in [6, 6.07) is 11.1. The number of nitrogens with one attached hydrogen (secondary N) is 1. The first-order valence-corrected chi connectivity index (χ1v) is 6.92. The third kappa shape index (κ3) is 2.74. The zero-order chi connectivity index (χ0) is 15.0. The van der Waals surface area contributed by atoms with Crippen LogP contribution in [0.2, 0.25) is 0 Å². The van der Waals surface area contributed by atoms with Crippen molar-refractivity contribution < 1.29 is 26.6 Å². The number of nitrogens with zero attached hydrogens (tertiary/aromatic N) is 1. The molecule has 0 unspecified atom stereocenters. The molecule has 0 saturated heterocycles. The number of anilines is 1. The van der Waals surface area contributed by atoms with E-state index in [0.29, 0.717) is 12.1 Å². The topological polar surface area (TPSA) is 50.1 Å². The van der Waals surface area contributed by atoms with Crippen molar-refractivity contribution in [3.8, 4) is 0 Å². The van der Waals surface area contributed by atoms with Crippen LogP contribution < -0.4 is 22.3 Å². The molecule has 0 radical (unpaired) electrons. The van der Waals surface area contributed by atoms with Gasteiger partial charge in [0.15, 0.2) is 12.4 Å². The van der Waals surface area contributed by atoms with Crippen molar-refractivity contribution in [1.29, 1.82) is 0 Å². The number of hydrogen-bond acceptors (Lipinski definition) is 2. The van der Waals surface area contributed by atoms with Gasteiger partial charge in [-0.25, -0.2) is 0 Å². The van der Waals surface area contributed by atoms with Crippen LogP contribution >= 0.6 is 0 Å². The van der Waals surface area contributed by atoms with Gasteiger partial charge >= 0.3 is 0 Å². The Kier molecular flexibility index (Phi) is 4.33. The van der Waals surface area contributed by atoms with Crippen molar-refractivity contribution in [3.63, 3.8) is 0 Å². The molecule has 2 heterocycles. The van der Waals surface area contributed by atoms with Crippen LogP contribution in [-0.2, 0) is 16.8 Å². The van der Waals surface area contributed by atoms with Crippen LogP contribution in [0.3, 0.4) is 0 Å². The molecular weight excluding hydrogens is 300 g/mol. The molecule has 5 heteroatoms. The van der Waals surface area contributed by atoms with Gasteiger partial charge in [-0.05, 0) is 37.6 Å². The molecule has 0 saturated carbocycles. The van der Waals surface area contributed by atoms with Gasteiger partial charge in [0, 0.05) is 23.4 Å². The summed E-state index contributed by atoms with van der Waals surface area (Å²) in [7, 11) is 0. The molecular formula is C17H17ClN2O2. The molecule has 0 bridgehead atoms. The van der Waals surface area contributed by atoms with Crippen molar-refractivity contribution in [2.24, 2.45) is 0 Å². The minimum Gasteiger partial charge on any atom is -1.00 e. The van der Waals surface area contributed by atoms with E-state index in [1.54, 1.807) is 6.07 Å². The van der Waals surface area contributed by atoms with E-state index in [1.165, 1.54) is 0 Å². The first kappa shape index (κ1) is 16.2. The molecule has 1 N–H and O–H groups in total. The number of carbonyl (C=O) groups is 2. The van der Waals surface area contributed by atoms with Crippen LogP contribution in [-0.4, -0.2) is 11.7 Å². The number of Topliss-reactive ketones (excluding diaryl/α,β-unsaturated/α-hetero) is 1. The van der Waals surface area contributed by atoms with E-state index in [4.69, 9.17) is 0 Å². The van der Waals surface area contributed by atoms with Gasteiger partial charge in [-0.15, -0.1) is 0 Å². The Hall–Kier alpha value is -2.20. The number of rotatable bonds is 3. The van der Waals surface area contributed by atoms with E-state index < -0.39 is 5.41 Å². The number of ketones is 1. The Bertz CT molecular complexity index is 727. The van der Waals surface area contributed by atoms with Crippen LogP contribution in [0.4, 0.5) is 5.69 Å². The SMILES string of the molecule is CC1(C)C(=O)Nc2ccc(C(=O)C[n+]3ccccc3)cc21.[Cl-]. The number of fused-ring (bicyclic) bond motifs is 1. The monoisotopic (exact) mass is 316 g/mol. The predicted octanol–water partition coefficient (Wildman–Crippen LogP) is -0.909. The minimum atomic E-state index is -0.592. The van der Waals surface area contributed by atoms with Gasteiger partial charge in [-0.1, -0.05) is 6.07 Å². The standard InChI is InChI=1S/C17H16N2O2.ClH/c1-17(2)13-10-12(6-7-14(13)18-16(17)21)15(20)11-19-8-4-3-5-9-19;/h3-10H,11H2,1-2H3;1H. The van der Waals surface area contributed by atoms with Crippen molar-refractivity contribution in [3.05, 3.63) is 59.9 Å². The summed E-state index contributed by atoms with van der Waals surface area (Å²) >= 11 is 0. The van der Waals surface area contributed by atoms with E-state index in [9.17, 15) is 9.59 Å². The summed E-state index contributed by atoms with van der Waals surface area (Å²) < 4.78 is 1.84. The molecule has 3 rings (SSSR count). The number of aromatic nitrogens is 1. The smallest absolute Gasteiger partial charge is 0.234 e. The number of hydrogen-bond donors (Lipinski definition) is 1. The molecule has 1 aromatic heterocycles. The Morgan fingerprint density at radius 1 is 1.18 bits per heavy atom. The highest BCUT2D eigenvalue weighted by atomic mass is 35.5. The van der Waals surface area contributed by atoms with Crippen molar-refractivity contribution in [2.45, 2.75) is 25.8 Å². The van der Waals surface area contributed by atoms with Crippen molar-refractivity contribution in [1.82, 2.24) is 0 Å². The van der Waals surface area contributed by atoms with Crippen LogP contribution in [0.15, 0.2) is 48.8 Å². The molecule has 4 nitrogen and oxygen atoms in total. The van der Waals surface area contributed by atoms with Crippen LogP contribution in [0.25, 0.3) is 0 Å². The van der Waals surface area contributed by atoms with Crippen molar-refractivity contribution >= 4 is 17.4 Å². The largest absolute Gasteiger partial charge is 1.00 e. The van der Waals surface area contributed by atoms with Gasteiger partial charge in [-0.3, -0.25) is 9.59 Å². The molecule has 1 amide bonds. The van der Waals surface area contributed by atoms with E-state index in [0.717, 1.165) is 11.3 Å². The maximum atomic E-state index is 12.4. The maximum absolute atomic E-state index is 12.4. The van der Waals surface area contributed by atoms with E-state index in [-0.39, 0.29) is 24.1 Å². The predicted molar refractivity (Wildman–Crippen MR) is 79.1 cm³/mol. The normalized spacial score (nSPS) is 14.7. The van der Waals surface area contributed by atoms with Crippen molar-refractivity contribution in [2.75, 3.05) is 5.32 Å². The first-order chi connectivity index (χ1) is 9.98. The number of halogens is 1. The fourth-order valence-corrected chi connectivity index (χ4v) is 2.54. The number of benzene rings is 1. The highest BCUT2D eigenvalue weighted by Gasteiger charge is 2.38. The third-order valence-electron chi connectivity index (χ3n) is 3.93. The van der Waals surface area contributed by atoms with E-state index in [1.807, 2.05) is 61.1 Å². The van der Waals surface area contributed by atoms with Gasteiger partial charge in [0.25, 0.3) is 0 Å². The fraction of sp³-hybridized carbons (Fsp3) is 0.235. The average molecular weight is 317 g/mol. The molecule has 22 heavy (non-hydrogen) atoms. The molecule has 0 fully saturated rings. The van der Waals surface area contributed by atoms with Gasteiger partial charge in [0.05, 0.1) is 5.41 Å². The maximum Gasteiger partial charge on any atom is 0.234 e. The van der Waals surface area contributed by atoms with Crippen LogP contribution in [0.1, 0.15) is 29.8 Å². The highest BCUT2D eigenvalue weighted by Crippen LogP contribution is 2.37. The third-order valence-corrected chi connectivity index (χ3v) is 3.93. The summed E-state index contributed by atoms with van der Waals surface area (Å²) in [5.41, 5.74) is 1.73. The molecule has 0 aliphatic carbocycles. The quantitative estimate of drug-likeness (QED) is 0.589. The second-order valence-electron chi connectivity index (χ2n) is 5.81. The molecule has 0 atom stereocenters. The number of amides is 1. The van der Waals surface area contributed by atoms with Gasteiger partial charge in [0.2, 0.25) is 18.2 Å². The summed E-state index contributed by atoms with van der Waals surface area (Å²) in [5, 5.41) is 2.85. The molecule has 1 aliphatic rings. The molecule has 1 aromatic carbocycles. The summed E-state index contributed by atoms with van der Waals surface area (Å²) in [6.45, 7) is 4.03.